The summed E-state index contributed by atoms with van der Waals surface area (Å²) in [6, 6.07) is 16.6. The fourth-order valence-corrected chi connectivity index (χ4v) is 2.76. The van der Waals surface area contributed by atoms with Crippen LogP contribution in [0, 0.1) is 0 Å². The van der Waals surface area contributed by atoms with Crippen LogP contribution in [-0.2, 0) is 0 Å². The van der Waals surface area contributed by atoms with Crippen LogP contribution in [0.25, 0.3) is 27.5 Å². The van der Waals surface area contributed by atoms with Gasteiger partial charge in [0, 0.05) is 16.1 Å². The molecule has 0 saturated heterocycles. The second-order valence-electron chi connectivity index (χ2n) is 4.34. The second kappa shape index (κ2) is 3.56. The van der Waals surface area contributed by atoms with E-state index in [4.69, 9.17) is 4.98 Å². The van der Waals surface area contributed by atoms with E-state index in [2.05, 4.69) is 62.9 Å². The third-order valence-corrected chi connectivity index (χ3v) is 3.75. The van der Waals surface area contributed by atoms with Gasteiger partial charge in [0.1, 0.15) is 5.65 Å². The predicted molar refractivity (Wildman–Crippen MR) is 77.9 cm³/mol. The molecular formula is C15H9BrN2. The Morgan fingerprint density at radius 2 is 1.89 bits per heavy atom. The van der Waals surface area contributed by atoms with Crippen molar-refractivity contribution in [3.8, 4) is 0 Å². The molecule has 18 heavy (non-hydrogen) atoms. The summed E-state index contributed by atoms with van der Waals surface area (Å²) in [5, 5.41) is 2.41. The number of benzene rings is 2. The number of rotatable bonds is 0. The average Bonchev–Trinajstić information content (AvgIpc) is 2.77. The highest BCUT2D eigenvalue weighted by Gasteiger charge is 2.07. The van der Waals surface area contributed by atoms with Gasteiger partial charge in [-0.05, 0) is 29.7 Å². The maximum atomic E-state index is 4.73. The van der Waals surface area contributed by atoms with Crippen LogP contribution in [0.1, 0.15) is 0 Å². The summed E-state index contributed by atoms with van der Waals surface area (Å²) in [5.74, 6) is 0. The topological polar surface area (TPSA) is 17.3 Å². The zero-order chi connectivity index (χ0) is 12.1. The number of halogens is 1. The Kier molecular flexibility index (Phi) is 2.00. The van der Waals surface area contributed by atoms with Crippen LogP contribution in [0.3, 0.4) is 0 Å². The van der Waals surface area contributed by atoms with E-state index < -0.39 is 0 Å². The minimum atomic E-state index is 1.02. The number of hydrogen-bond donors (Lipinski definition) is 0. The molecule has 2 nitrogen and oxygen atoms in total. The number of hydrogen-bond acceptors (Lipinski definition) is 1. The second-order valence-corrected chi connectivity index (χ2v) is 5.26. The first-order valence-electron chi connectivity index (χ1n) is 5.78. The van der Waals surface area contributed by atoms with Gasteiger partial charge in [0.15, 0.2) is 0 Å². The number of fused-ring (bicyclic) bond motifs is 5. The van der Waals surface area contributed by atoms with E-state index in [1.54, 1.807) is 0 Å². The first kappa shape index (κ1) is 10.1. The molecule has 2 aromatic carbocycles. The molecule has 0 radical (unpaired) electrons. The number of aromatic nitrogens is 2. The molecule has 3 heteroatoms. The van der Waals surface area contributed by atoms with Gasteiger partial charge in [-0.3, -0.25) is 4.40 Å². The van der Waals surface area contributed by atoms with Crippen molar-refractivity contribution in [1.29, 1.82) is 0 Å². The van der Waals surface area contributed by atoms with Crippen molar-refractivity contribution in [2.24, 2.45) is 0 Å². The number of nitrogens with zero attached hydrogens (tertiary/aromatic N) is 2. The van der Waals surface area contributed by atoms with E-state index in [0.717, 1.165) is 21.2 Å². The zero-order valence-corrected chi connectivity index (χ0v) is 11.1. The highest BCUT2D eigenvalue weighted by Crippen LogP contribution is 2.25. The van der Waals surface area contributed by atoms with Crippen molar-refractivity contribution < 1.29 is 0 Å². The zero-order valence-electron chi connectivity index (χ0n) is 9.47. The van der Waals surface area contributed by atoms with Crippen LogP contribution in [0.2, 0.25) is 0 Å². The third kappa shape index (κ3) is 1.31. The highest BCUT2D eigenvalue weighted by atomic mass is 79.9. The summed E-state index contributed by atoms with van der Waals surface area (Å²) in [7, 11) is 0. The van der Waals surface area contributed by atoms with Crippen LogP contribution in [0.4, 0.5) is 0 Å². The first-order valence-corrected chi connectivity index (χ1v) is 6.57. The molecule has 0 aliphatic heterocycles. The SMILES string of the molecule is Brc1ccc2nc3c4ccccc4ccn3c2c1. The van der Waals surface area contributed by atoms with Crippen molar-refractivity contribution in [3.63, 3.8) is 0 Å². The summed E-state index contributed by atoms with van der Waals surface area (Å²) >= 11 is 3.51. The van der Waals surface area contributed by atoms with Crippen LogP contribution in [0.5, 0.6) is 0 Å². The number of imidazole rings is 1. The first-order chi connectivity index (χ1) is 8.83. The number of pyridine rings is 1. The molecule has 0 bridgehead atoms. The van der Waals surface area contributed by atoms with Gasteiger partial charge < -0.3 is 0 Å². The maximum Gasteiger partial charge on any atom is 0.145 e. The van der Waals surface area contributed by atoms with Crippen LogP contribution in [0.15, 0.2) is 59.2 Å². The highest BCUT2D eigenvalue weighted by molar-refractivity contribution is 9.10. The molecular weight excluding hydrogens is 288 g/mol. The molecule has 4 aromatic rings. The Hall–Kier alpha value is -1.87. The normalized spacial score (nSPS) is 11.6. The van der Waals surface area contributed by atoms with E-state index in [-0.39, 0.29) is 0 Å². The molecule has 0 fully saturated rings. The lowest BCUT2D eigenvalue weighted by Gasteiger charge is -2.00. The van der Waals surface area contributed by atoms with Gasteiger partial charge in [-0.25, -0.2) is 4.98 Å². The maximum absolute atomic E-state index is 4.73. The lowest BCUT2D eigenvalue weighted by molar-refractivity contribution is 1.25. The Bertz CT molecular complexity index is 893. The minimum Gasteiger partial charge on any atom is -0.299 e. The van der Waals surface area contributed by atoms with E-state index in [0.29, 0.717) is 0 Å². The third-order valence-electron chi connectivity index (χ3n) is 3.26. The smallest absolute Gasteiger partial charge is 0.145 e. The van der Waals surface area contributed by atoms with Crippen LogP contribution >= 0.6 is 15.9 Å². The predicted octanol–water partition coefficient (Wildman–Crippen LogP) is 4.40. The molecule has 0 aliphatic rings. The molecule has 0 amide bonds. The molecule has 0 spiro atoms. The molecule has 0 aliphatic carbocycles. The molecule has 0 unspecified atom stereocenters. The molecule has 0 N–H and O–H groups in total. The molecule has 0 atom stereocenters. The summed E-state index contributed by atoms with van der Waals surface area (Å²) in [6.45, 7) is 0. The van der Waals surface area contributed by atoms with Crippen molar-refractivity contribution >= 4 is 43.4 Å². The lowest BCUT2D eigenvalue weighted by atomic mass is 10.2. The summed E-state index contributed by atoms with van der Waals surface area (Å²) in [4.78, 5) is 4.73. The van der Waals surface area contributed by atoms with Crippen molar-refractivity contribution in [3.05, 3.63) is 59.2 Å². The van der Waals surface area contributed by atoms with Crippen molar-refractivity contribution in [2.75, 3.05) is 0 Å². The summed E-state index contributed by atoms with van der Waals surface area (Å²) in [5.41, 5.74) is 3.17. The molecule has 4 rings (SSSR count). The van der Waals surface area contributed by atoms with Crippen molar-refractivity contribution in [1.82, 2.24) is 9.38 Å². The van der Waals surface area contributed by atoms with Crippen LogP contribution < -0.4 is 0 Å². The van der Waals surface area contributed by atoms with Gasteiger partial charge in [0.25, 0.3) is 0 Å². The Balaban J connectivity index is 2.30. The molecule has 0 saturated carbocycles. The monoisotopic (exact) mass is 296 g/mol. The van der Waals surface area contributed by atoms with Gasteiger partial charge in [0.2, 0.25) is 0 Å². The lowest BCUT2D eigenvalue weighted by Crippen LogP contribution is -1.85. The van der Waals surface area contributed by atoms with Gasteiger partial charge >= 0.3 is 0 Å². The standard InChI is InChI=1S/C15H9BrN2/c16-11-5-6-13-14(9-11)18-8-7-10-3-1-2-4-12(10)15(18)17-13/h1-9H. The van der Waals surface area contributed by atoms with Gasteiger partial charge in [-0.2, -0.15) is 0 Å². The Morgan fingerprint density at radius 1 is 1.00 bits per heavy atom. The van der Waals surface area contributed by atoms with Gasteiger partial charge in [0.05, 0.1) is 11.0 Å². The van der Waals surface area contributed by atoms with E-state index in [1.807, 2.05) is 12.1 Å². The largest absolute Gasteiger partial charge is 0.299 e. The Morgan fingerprint density at radius 3 is 2.83 bits per heavy atom. The molecule has 2 heterocycles. The van der Waals surface area contributed by atoms with Crippen molar-refractivity contribution in [2.45, 2.75) is 0 Å². The molecule has 86 valence electrons. The minimum absolute atomic E-state index is 1.02. The van der Waals surface area contributed by atoms with Gasteiger partial charge in [-0.1, -0.05) is 40.2 Å². The van der Waals surface area contributed by atoms with Crippen LogP contribution in [-0.4, -0.2) is 9.38 Å². The fraction of sp³-hybridized carbons (Fsp3) is 0. The Labute approximate surface area is 112 Å². The van der Waals surface area contributed by atoms with E-state index >= 15 is 0 Å². The summed E-state index contributed by atoms with van der Waals surface area (Å²) in [6.07, 6.45) is 2.08. The van der Waals surface area contributed by atoms with Gasteiger partial charge in [-0.15, -0.1) is 0 Å². The quantitative estimate of drug-likeness (QED) is 0.470. The average molecular weight is 297 g/mol. The molecule has 2 aromatic heterocycles. The van der Waals surface area contributed by atoms with E-state index in [1.165, 1.54) is 10.8 Å². The van der Waals surface area contributed by atoms with E-state index in [9.17, 15) is 0 Å². The fourth-order valence-electron chi connectivity index (χ4n) is 2.41. The summed E-state index contributed by atoms with van der Waals surface area (Å²) < 4.78 is 3.22.